The number of aryl methyl sites for hydroxylation is 2. The smallest absolute Gasteiger partial charge is 0.242 e. The molecule has 1 aromatic rings. The van der Waals surface area contributed by atoms with Crippen molar-refractivity contribution in [1.29, 1.82) is 5.26 Å². The Morgan fingerprint density at radius 1 is 1.62 bits per heavy atom. The summed E-state index contributed by atoms with van der Waals surface area (Å²) in [5.74, 6) is -0.893. The minimum atomic E-state index is -0.625. The molecule has 0 bridgehead atoms. The first-order chi connectivity index (χ1) is 7.45. The molecule has 0 radical (unpaired) electrons. The van der Waals surface area contributed by atoms with E-state index in [2.05, 4.69) is 10.4 Å². The Hall–Kier alpha value is -1.83. The van der Waals surface area contributed by atoms with E-state index in [0.717, 1.165) is 5.69 Å². The molecule has 0 saturated carbocycles. The molecule has 1 N–H and O–H groups in total. The number of nitrogens with zero attached hydrogens (tertiary/aromatic N) is 3. The van der Waals surface area contributed by atoms with Crippen molar-refractivity contribution < 1.29 is 4.79 Å². The van der Waals surface area contributed by atoms with Crippen LogP contribution in [0.3, 0.4) is 0 Å². The van der Waals surface area contributed by atoms with Crippen molar-refractivity contribution in [3.05, 3.63) is 11.9 Å². The summed E-state index contributed by atoms with van der Waals surface area (Å²) in [5.41, 5.74) is 1.41. The van der Waals surface area contributed by atoms with Gasteiger partial charge in [0.15, 0.2) is 0 Å². The average Bonchev–Trinajstić information content (AvgIpc) is 2.45. The number of rotatable bonds is 3. The summed E-state index contributed by atoms with van der Waals surface area (Å²) in [4.78, 5) is 11.8. The van der Waals surface area contributed by atoms with Crippen LogP contribution in [0.1, 0.15) is 19.5 Å². The van der Waals surface area contributed by atoms with Crippen LogP contribution in [0.25, 0.3) is 0 Å². The Balaban J connectivity index is 2.79. The molecule has 0 saturated heterocycles. The summed E-state index contributed by atoms with van der Waals surface area (Å²) in [7, 11) is 1.78. The topological polar surface area (TPSA) is 70.7 Å². The zero-order valence-electron chi connectivity index (χ0n) is 9.98. The number of amides is 1. The molecule has 0 aromatic carbocycles. The van der Waals surface area contributed by atoms with Gasteiger partial charge >= 0.3 is 0 Å². The number of nitrogens with one attached hydrogen (secondary N) is 1. The Kier molecular flexibility index (Phi) is 3.67. The van der Waals surface area contributed by atoms with Crippen LogP contribution in [0.15, 0.2) is 6.20 Å². The van der Waals surface area contributed by atoms with E-state index in [0.29, 0.717) is 5.69 Å². The molecule has 5 nitrogen and oxygen atoms in total. The van der Waals surface area contributed by atoms with Crippen molar-refractivity contribution in [3.63, 3.8) is 0 Å². The molecule has 1 atom stereocenters. The fourth-order valence-corrected chi connectivity index (χ4v) is 1.44. The van der Waals surface area contributed by atoms with Crippen LogP contribution in [-0.4, -0.2) is 15.7 Å². The van der Waals surface area contributed by atoms with E-state index in [-0.39, 0.29) is 11.8 Å². The quantitative estimate of drug-likeness (QED) is 0.838. The van der Waals surface area contributed by atoms with Gasteiger partial charge in [-0.15, -0.1) is 0 Å². The molecule has 1 unspecified atom stereocenters. The van der Waals surface area contributed by atoms with Gasteiger partial charge in [0.2, 0.25) is 5.91 Å². The first-order valence-corrected chi connectivity index (χ1v) is 5.16. The number of aromatic nitrogens is 2. The lowest BCUT2D eigenvalue weighted by Crippen LogP contribution is -2.25. The number of anilines is 1. The molecule has 0 aliphatic rings. The van der Waals surface area contributed by atoms with Gasteiger partial charge in [0.05, 0.1) is 17.5 Å². The van der Waals surface area contributed by atoms with Gasteiger partial charge in [-0.25, -0.2) is 0 Å². The normalized spacial score (nSPS) is 12.2. The predicted molar refractivity (Wildman–Crippen MR) is 60.5 cm³/mol. The second kappa shape index (κ2) is 4.79. The van der Waals surface area contributed by atoms with Crippen molar-refractivity contribution in [1.82, 2.24) is 9.78 Å². The van der Waals surface area contributed by atoms with Crippen molar-refractivity contribution in [3.8, 4) is 6.07 Å². The second-order valence-corrected chi connectivity index (χ2v) is 4.14. The summed E-state index contributed by atoms with van der Waals surface area (Å²) in [6.45, 7) is 5.51. The molecule has 86 valence electrons. The molecular formula is C11H16N4O. The molecule has 0 spiro atoms. The van der Waals surface area contributed by atoms with Crippen LogP contribution in [0.2, 0.25) is 0 Å². The third-order valence-corrected chi connectivity index (χ3v) is 2.36. The van der Waals surface area contributed by atoms with Gasteiger partial charge in [-0.2, -0.15) is 10.4 Å². The fraction of sp³-hybridized carbons (Fsp3) is 0.545. The highest BCUT2D eigenvalue weighted by Crippen LogP contribution is 2.16. The molecule has 1 aromatic heterocycles. The minimum Gasteiger partial charge on any atom is -0.322 e. The SMILES string of the molecule is Cc1nn(C)cc1NC(=O)C(C#N)C(C)C. The number of carbonyl (C=O) groups is 1. The van der Waals surface area contributed by atoms with Crippen LogP contribution < -0.4 is 5.32 Å². The molecule has 0 aliphatic carbocycles. The number of nitriles is 1. The van der Waals surface area contributed by atoms with E-state index >= 15 is 0 Å². The molecule has 16 heavy (non-hydrogen) atoms. The monoisotopic (exact) mass is 220 g/mol. The van der Waals surface area contributed by atoms with Gasteiger partial charge in [0.1, 0.15) is 5.92 Å². The molecule has 0 aliphatic heterocycles. The molecule has 1 amide bonds. The number of hydrogen-bond donors (Lipinski definition) is 1. The van der Waals surface area contributed by atoms with Gasteiger partial charge in [-0.1, -0.05) is 13.8 Å². The average molecular weight is 220 g/mol. The Morgan fingerprint density at radius 3 is 2.62 bits per heavy atom. The van der Waals surface area contributed by atoms with Crippen molar-refractivity contribution in [2.75, 3.05) is 5.32 Å². The number of carbonyl (C=O) groups excluding carboxylic acids is 1. The van der Waals surface area contributed by atoms with Gasteiger partial charge < -0.3 is 5.32 Å². The lowest BCUT2D eigenvalue weighted by Gasteiger charge is -2.12. The Bertz CT molecular complexity index is 428. The van der Waals surface area contributed by atoms with E-state index in [4.69, 9.17) is 5.26 Å². The third-order valence-electron chi connectivity index (χ3n) is 2.36. The van der Waals surface area contributed by atoms with Crippen LogP contribution in [0, 0.1) is 30.1 Å². The summed E-state index contributed by atoms with van der Waals surface area (Å²) < 4.78 is 1.63. The van der Waals surface area contributed by atoms with Gasteiger partial charge in [-0.3, -0.25) is 9.48 Å². The fourth-order valence-electron chi connectivity index (χ4n) is 1.44. The van der Waals surface area contributed by atoms with Crippen molar-refractivity contribution in [2.45, 2.75) is 20.8 Å². The highest BCUT2D eigenvalue weighted by Gasteiger charge is 2.22. The zero-order valence-corrected chi connectivity index (χ0v) is 9.98. The predicted octanol–water partition coefficient (Wildman–Crippen LogP) is 1.46. The third kappa shape index (κ3) is 2.60. The van der Waals surface area contributed by atoms with Gasteiger partial charge in [0, 0.05) is 13.2 Å². The van der Waals surface area contributed by atoms with E-state index in [1.807, 2.05) is 26.8 Å². The maximum atomic E-state index is 11.8. The maximum absolute atomic E-state index is 11.8. The lowest BCUT2D eigenvalue weighted by atomic mass is 9.96. The standard InChI is InChI=1S/C11H16N4O/c1-7(2)9(5-12)11(16)13-10-6-15(4)14-8(10)3/h6-7,9H,1-4H3,(H,13,16). The minimum absolute atomic E-state index is 0.00183. The van der Waals surface area contributed by atoms with Gasteiger partial charge in [-0.05, 0) is 12.8 Å². The second-order valence-electron chi connectivity index (χ2n) is 4.14. The number of hydrogen-bond acceptors (Lipinski definition) is 3. The molecule has 1 rings (SSSR count). The van der Waals surface area contributed by atoms with E-state index < -0.39 is 5.92 Å². The summed E-state index contributed by atoms with van der Waals surface area (Å²) >= 11 is 0. The largest absolute Gasteiger partial charge is 0.322 e. The Labute approximate surface area is 95.1 Å². The van der Waals surface area contributed by atoms with E-state index in [9.17, 15) is 4.79 Å². The molecule has 1 heterocycles. The highest BCUT2D eigenvalue weighted by molar-refractivity contribution is 5.94. The first-order valence-electron chi connectivity index (χ1n) is 5.16. The Morgan fingerprint density at radius 2 is 2.25 bits per heavy atom. The van der Waals surface area contributed by atoms with Crippen LogP contribution in [0.4, 0.5) is 5.69 Å². The lowest BCUT2D eigenvalue weighted by molar-refractivity contribution is -0.119. The summed E-state index contributed by atoms with van der Waals surface area (Å²) in [6.07, 6.45) is 1.72. The molecule has 0 fully saturated rings. The zero-order chi connectivity index (χ0) is 12.3. The van der Waals surface area contributed by atoms with Gasteiger partial charge in [0.25, 0.3) is 0 Å². The van der Waals surface area contributed by atoms with Crippen molar-refractivity contribution in [2.24, 2.45) is 18.9 Å². The summed E-state index contributed by atoms with van der Waals surface area (Å²) in [6, 6.07) is 2.01. The van der Waals surface area contributed by atoms with Crippen LogP contribution in [-0.2, 0) is 11.8 Å². The van der Waals surface area contributed by atoms with Crippen LogP contribution >= 0.6 is 0 Å². The first kappa shape index (κ1) is 12.2. The maximum Gasteiger partial charge on any atom is 0.242 e. The van der Waals surface area contributed by atoms with E-state index in [1.165, 1.54) is 0 Å². The van der Waals surface area contributed by atoms with Crippen LogP contribution in [0.5, 0.6) is 0 Å². The van der Waals surface area contributed by atoms with Crippen molar-refractivity contribution >= 4 is 11.6 Å². The molecular weight excluding hydrogens is 204 g/mol. The highest BCUT2D eigenvalue weighted by atomic mass is 16.1. The summed E-state index contributed by atoms with van der Waals surface area (Å²) in [5, 5.41) is 15.7. The van der Waals surface area contributed by atoms with E-state index in [1.54, 1.807) is 17.9 Å². The molecule has 5 heteroatoms.